The summed E-state index contributed by atoms with van der Waals surface area (Å²) in [6.07, 6.45) is 0. The minimum absolute atomic E-state index is 0. The van der Waals surface area contributed by atoms with E-state index >= 15 is 0 Å². The molecule has 0 atom stereocenters. The van der Waals surface area contributed by atoms with Gasteiger partial charge in [-0.2, -0.15) is 0 Å². The Labute approximate surface area is 168 Å². The molecule has 0 aromatic heterocycles. The average molecular weight is 375 g/mol. The Morgan fingerprint density at radius 1 is 0.909 bits per heavy atom. The predicted octanol–water partition coefficient (Wildman–Crippen LogP) is -5.18. The van der Waals surface area contributed by atoms with Gasteiger partial charge in [0.1, 0.15) is 5.75 Å². The number of hydrogen-bond donors (Lipinski definition) is 2. The molecule has 13 nitrogen and oxygen atoms in total. The number of benzene rings is 1. The van der Waals surface area contributed by atoms with E-state index in [0.29, 0.717) is 0 Å². The van der Waals surface area contributed by atoms with Crippen LogP contribution in [0.5, 0.6) is 5.75 Å². The van der Waals surface area contributed by atoms with Crippen LogP contribution in [0.25, 0.3) is 0 Å². The van der Waals surface area contributed by atoms with E-state index in [0.717, 1.165) is 24.3 Å². The Balaban J connectivity index is -0.0000000408. The van der Waals surface area contributed by atoms with Crippen LogP contribution in [-0.2, 0) is 4.57 Å². The first-order valence-electron chi connectivity index (χ1n) is 3.38. The molecule has 0 unspecified atom stereocenters. The fourth-order valence-electron chi connectivity index (χ4n) is 0.766. The van der Waals surface area contributed by atoms with Crippen LogP contribution in [0.3, 0.4) is 0 Å². The Morgan fingerprint density at radius 3 is 1.45 bits per heavy atom. The van der Waals surface area contributed by atoms with Crippen LogP contribution in [0.1, 0.15) is 0 Å². The third-order valence-corrected chi connectivity index (χ3v) is 1.72. The SMILES string of the molecule is O.O.O.O.O.O.O=[N+]([O-])c1ccc(OP(=O)(O)O)cc1.[NaH].[NaH]. The first kappa shape index (κ1) is 49.5. The van der Waals surface area contributed by atoms with Crippen molar-refractivity contribution in [1.82, 2.24) is 0 Å². The third kappa shape index (κ3) is 20.3. The molecule has 16 heteroatoms. The van der Waals surface area contributed by atoms with Crippen LogP contribution < -0.4 is 4.52 Å². The molecular formula is C6H20NNa2O12P. The van der Waals surface area contributed by atoms with E-state index in [9.17, 15) is 14.7 Å². The second-order valence-corrected chi connectivity index (χ2v) is 3.50. The number of nitrogens with zero attached hydrogens (tertiary/aromatic N) is 1. The maximum atomic E-state index is 10.4. The van der Waals surface area contributed by atoms with Crippen molar-refractivity contribution in [1.29, 1.82) is 0 Å². The van der Waals surface area contributed by atoms with Gasteiger partial charge in [0.05, 0.1) is 4.92 Å². The van der Waals surface area contributed by atoms with E-state index in [1.807, 2.05) is 0 Å². The Morgan fingerprint density at radius 2 is 1.23 bits per heavy atom. The van der Waals surface area contributed by atoms with Crippen LogP contribution in [0.15, 0.2) is 24.3 Å². The van der Waals surface area contributed by atoms with Crippen molar-refractivity contribution in [2.75, 3.05) is 0 Å². The zero-order chi connectivity index (χ0) is 10.8. The van der Waals surface area contributed by atoms with Gasteiger partial charge in [0.25, 0.3) is 5.69 Å². The summed E-state index contributed by atoms with van der Waals surface area (Å²) in [7, 11) is -4.60. The van der Waals surface area contributed by atoms with Crippen molar-refractivity contribution in [2.45, 2.75) is 0 Å². The summed E-state index contributed by atoms with van der Waals surface area (Å²) >= 11 is 0. The van der Waals surface area contributed by atoms with Crippen molar-refractivity contribution >= 4 is 72.6 Å². The van der Waals surface area contributed by atoms with Gasteiger partial charge in [-0.25, -0.2) is 4.57 Å². The molecule has 0 amide bonds. The predicted molar refractivity (Wildman–Crippen MR) is 81.7 cm³/mol. The molecule has 0 heterocycles. The fourth-order valence-corrected chi connectivity index (χ4v) is 1.16. The quantitative estimate of drug-likeness (QED) is 0.225. The molecule has 1 aromatic rings. The normalized spacial score (nSPS) is 7.00. The van der Waals surface area contributed by atoms with Crippen LogP contribution in [0, 0.1) is 10.1 Å². The summed E-state index contributed by atoms with van der Waals surface area (Å²) in [6, 6.07) is 4.39. The molecule has 0 aliphatic heterocycles. The van der Waals surface area contributed by atoms with E-state index in [4.69, 9.17) is 9.79 Å². The number of rotatable bonds is 3. The number of phosphoric ester groups is 1. The van der Waals surface area contributed by atoms with Crippen LogP contribution >= 0.6 is 7.82 Å². The minimum atomic E-state index is -4.60. The molecule has 14 N–H and O–H groups in total. The van der Waals surface area contributed by atoms with Gasteiger partial charge in [-0.05, 0) is 12.1 Å². The summed E-state index contributed by atoms with van der Waals surface area (Å²) < 4.78 is 14.5. The van der Waals surface area contributed by atoms with Crippen molar-refractivity contribution in [3.63, 3.8) is 0 Å². The Kier molecular flexibility index (Phi) is 48.0. The molecule has 22 heavy (non-hydrogen) atoms. The van der Waals surface area contributed by atoms with Crippen LogP contribution in [-0.4, -0.2) is 107 Å². The summed E-state index contributed by atoms with van der Waals surface area (Å²) in [6.45, 7) is 0. The van der Waals surface area contributed by atoms with Crippen LogP contribution in [0.2, 0.25) is 0 Å². The Hall–Kier alpha value is 0.330. The number of hydrogen-bond acceptors (Lipinski definition) is 4. The second kappa shape index (κ2) is 21.3. The van der Waals surface area contributed by atoms with Crippen LogP contribution in [0.4, 0.5) is 5.69 Å². The number of nitro groups is 1. The molecule has 0 aliphatic rings. The maximum absolute atomic E-state index is 10.4. The van der Waals surface area contributed by atoms with Crippen molar-refractivity contribution in [2.24, 2.45) is 0 Å². The molecule has 0 saturated heterocycles. The number of non-ortho nitro benzene ring substituents is 1. The van der Waals surface area contributed by atoms with E-state index in [-0.39, 0.29) is 103 Å². The molecule has 0 spiro atoms. The average Bonchev–Trinajstić information content (AvgIpc) is 2.02. The molecule has 128 valence electrons. The zero-order valence-electron chi connectivity index (χ0n) is 9.73. The van der Waals surface area contributed by atoms with Gasteiger partial charge in [0, 0.05) is 12.1 Å². The number of nitro benzene ring substituents is 1. The van der Waals surface area contributed by atoms with E-state index in [1.165, 1.54) is 0 Å². The summed E-state index contributed by atoms with van der Waals surface area (Å²) in [5.41, 5.74) is -0.178. The molecule has 1 aromatic carbocycles. The van der Waals surface area contributed by atoms with Gasteiger partial charge in [-0.3, -0.25) is 19.9 Å². The van der Waals surface area contributed by atoms with Gasteiger partial charge in [-0.15, -0.1) is 0 Å². The van der Waals surface area contributed by atoms with E-state index in [1.54, 1.807) is 0 Å². The van der Waals surface area contributed by atoms with Crippen molar-refractivity contribution in [3.05, 3.63) is 34.4 Å². The summed E-state index contributed by atoms with van der Waals surface area (Å²) in [5, 5.41) is 10.2. The second-order valence-electron chi connectivity index (χ2n) is 2.33. The van der Waals surface area contributed by atoms with Crippen molar-refractivity contribution in [3.8, 4) is 5.75 Å². The Bertz CT molecular complexity index is 397. The van der Waals surface area contributed by atoms with E-state index in [2.05, 4.69) is 4.52 Å². The molecule has 0 saturated carbocycles. The van der Waals surface area contributed by atoms with E-state index < -0.39 is 12.7 Å². The van der Waals surface area contributed by atoms with Gasteiger partial charge in [0.2, 0.25) is 0 Å². The molecule has 1 rings (SSSR count). The number of phosphoric acid groups is 1. The molecule has 0 bridgehead atoms. The first-order valence-corrected chi connectivity index (χ1v) is 4.91. The van der Waals surface area contributed by atoms with Crippen molar-refractivity contribution < 1.29 is 56.7 Å². The monoisotopic (exact) mass is 375 g/mol. The molecule has 0 fully saturated rings. The zero-order valence-corrected chi connectivity index (χ0v) is 10.6. The fraction of sp³-hybridized carbons (Fsp3) is 0. The van der Waals surface area contributed by atoms with Gasteiger partial charge in [0.15, 0.2) is 0 Å². The molecule has 0 aliphatic carbocycles. The van der Waals surface area contributed by atoms with Gasteiger partial charge in [-0.1, -0.05) is 0 Å². The first-order chi connectivity index (χ1) is 6.38. The third-order valence-electron chi connectivity index (χ3n) is 1.27. The van der Waals surface area contributed by atoms with Gasteiger partial charge < -0.3 is 37.4 Å². The topological polar surface area (TPSA) is 299 Å². The summed E-state index contributed by atoms with van der Waals surface area (Å²) in [4.78, 5) is 26.4. The standard InChI is InChI=1S/C6H6NO6P.2Na.6H2O.2H/c8-7(9)5-1-3-6(4-2-5)13-14(10,11)12;;;;;;;;;;/h1-4H,(H2,10,11,12);;;6*1H2;;. The summed E-state index contributed by atoms with van der Waals surface area (Å²) in [5.74, 6) is -0.121. The molecular weight excluding hydrogens is 355 g/mol. The van der Waals surface area contributed by atoms with Gasteiger partial charge >= 0.3 is 66.9 Å². The molecule has 0 radical (unpaired) electrons.